The van der Waals surface area contributed by atoms with E-state index < -0.39 is 0 Å². The molecule has 1 N–H and O–H groups in total. The monoisotopic (exact) mass is 435 g/mol. The molecule has 4 nitrogen and oxygen atoms in total. The maximum absolute atomic E-state index is 12.6. The molecule has 2 fully saturated rings. The van der Waals surface area contributed by atoms with E-state index in [1.165, 1.54) is 17.5 Å². The van der Waals surface area contributed by atoms with Crippen molar-refractivity contribution < 1.29 is 4.79 Å². The fraction of sp³-hybridized carbons (Fsp3) is 0.600. The molecule has 0 unspecified atom stereocenters. The molecule has 1 aliphatic carbocycles. The number of thiazole rings is 1. The van der Waals surface area contributed by atoms with Crippen LogP contribution >= 0.6 is 27.3 Å². The van der Waals surface area contributed by atoms with Crippen molar-refractivity contribution in [2.45, 2.75) is 51.5 Å². The van der Waals surface area contributed by atoms with Crippen molar-refractivity contribution in [1.29, 1.82) is 0 Å². The molecule has 0 spiro atoms. The molecule has 1 saturated heterocycles. The Hall–Kier alpha value is -1.14. The molecule has 1 aromatic heterocycles. The van der Waals surface area contributed by atoms with Crippen LogP contribution in [0.3, 0.4) is 0 Å². The number of nitrogens with zero attached hydrogens (tertiary/aromatic N) is 2. The predicted octanol–water partition coefficient (Wildman–Crippen LogP) is 4.97. The maximum atomic E-state index is 12.6. The molecule has 140 valence electrons. The van der Waals surface area contributed by atoms with E-state index in [2.05, 4.69) is 45.2 Å². The molecular weight excluding hydrogens is 410 g/mol. The first kappa shape index (κ1) is 18.2. The Morgan fingerprint density at radius 1 is 1.19 bits per heavy atom. The van der Waals surface area contributed by atoms with Crippen LogP contribution in [0.2, 0.25) is 0 Å². The van der Waals surface area contributed by atoms with Gasteiger partial charge in [-0.3, -0.25) is 4.79 Å². The van der Waals surface area contributed by atoms with Crippen LogP contribution < -0.4 is 10.2 Å². The van der Waals surface area contributed by atoms with E-state index in [-0.39, 0.29) is 11.8 Å². The molecule has 0 atom stereocenters. The predicted molar refractivity (Wildman–Crippen MR) is 112 cm³/mol. The van der Waals surface area contributed by atoms with Crippen molar-refractivity contribution in [2.75, 3.05) is 18.0 Å². The lowest BCUT2D eigenvalue weighted by molar-refractivity contribution is -0.126. The number of carbonyl (C=O) groups excluding carboxylic acids is 1. The summed E-state index contributed by atoms with van der Waals surface area (Å²) in [5.74, 6) is 1.26. The largest absolute Gasteiger partial charge is 0.353 e. The highest BCUT2D eigenvalue weighted by atomic mass is 79.9. The first-order valence-electron chi connectivity index (χ1n) is 9.70. The molecule has 1 aromatic carbocycles. The summed E-state index contributed by atoms with van der Waals surface area (Å²) in [5, 5.41) is 4.40. The third-order valence-corrected chi connectivity index (χ3v) is 7.41. The van der Waals surface area contributed by atoms with Crippen LogP contribution in [0.25, 0.3) is 10.2 Å². The Morgan fingerprint density at radius 3 is 2.65 bits per heavy atom. The average molecular weight is 436 g/mol. The number of hydrogen-bond donors (Lipinski definition) is 1. The van der Waals surface area contributed by atoms with Crippen molar-refractivity contribution in [3.05, 3.63) is 22.7 Å². The molecule has 26 heavy (non-hydrogen) atoms. The van der Waals surface area contributed by atoms with Crippen LogP contribution in [0.5, 0.6) is 0 Å². The summed E-state index contributed by atoms with van der Waals surface area (Å²) < 4.78 is 2.30. The van der Waals surface area contributed by atoms with E-state index in [0.717, 1.165) is 59.8 Å². The van der Waals surface area contributed by atoms with Gasteiger partial charge in [0.15, 0.2) is 5.13 Å². The first-order valence-corrected chi connectivity index (χ1v) is 11.3. The molecule has 1 aliphatic heterocycles. The standard InChI is InChI=1S/C20H26BrN3OS/c1-13-2-5-16(6-3-13)22-19(25)14-8-10-24(11-9-14)20-23-17-7-4-15(21)12-18(17)26-20/h4,7,12-14,16H,2-3,5-6,8-11H2,1H3,(H,22,25). The number of benzene rings is 1. The summed E-state index contributed by atoms with van der Waals surface area (Å²) in [5.41, 5.74) is 1.06. The van der Waals surface area contributed by atoms with Gasteiger partial charge in [0.1, 0.15) is 0 Å². The van der Waals surface area contributed by atoms with Gasteiger partial charge in [-0.05, 0) is 62.6 Å². The topological polar surface area (TPSA) is 45.2 Å². The van der Waals surface area contributed by atoms with Crippen molar-refractivity contribution in [3.63, 3.8) is 0 Å². The number of rotatable bonds is 3. The smallest absolute Gasteiger partial charge is 0.223 e. The van der Waals surface area contributed by atoms with E-state index in [1.807, 2.05) is 6.07 Å². The van der Waals surface area contributed by atoms with E-state index in [4.69, 9.17) is 4.98 Å². The van der Waals surface area contributed by atoms with Crippen LogP contribution in [0.15, 0.2) is 22.7 Å². The lowest BCUT2D eigenvalue weighted by Gasteiger charge is -2.33. The van der Waals surface area contributed by atoms with E-state index in [1.54, 1.807) is 11.3 Å². The van der Waals surface area contributed by atoms with Crippen molar-refractivity contribution in [3.8, 4) is 0 Å². The summed E-state index contributed by atoms with van der Waals surface area (Å²) in [6, 6.07) is 6.63. The lowest BCUT2D eigenvalue weighted by Crippen LogP contribution is -2.44. The van der Waals surface area contributed by atoms with E-state index in [0.29, 0.717) is 6.04 Å². The van der Waals surface area contributed by atoms with Crippen molar-refractivity contribution in [2.24, 2.45) is 11.8 Å². The minimum absolute atomic E-state index is 0.161. The van der Waals surface area contributed by atoms with Gasteiger partial charge in [-0.25, -0.2) is 4.98 Å². The van der Waals surface area contributed by atoms with Gasteiger partial charge in [0.25, 0.3) is 0 Å². The molecule has 2 aliphatic rings. The Morgan fingerprint density at radius 2 is 1.92 bits per heavy atom. The zero-order valence-corrected chi connectivity index (χ0v) is 17.6. The second kappa shape index (κ2) is 7.85. The van der Waals surface area contributed by atoms with Gasteiger partial charge in [0.05, 0.1) is 10.2 Å². The number of nitrogens with one attached hydrogen (secondary N) is 1. The number of halogens is 1. The SMILES string of the molecule is CC1CCC(NC(=O)C2CCN(c3nc4ccc(Br)cc4s3)CC2)CC1. The summed E-state index contributed by atoms with van der Waals surface area (Å²) >= 11 is 5.27. The van der Waals surface area contributed by atoms with Crippen LogP contribution in [0.1, 0.15) is 45.4 Å². The summed E-state index contributed by atoms with van der Waals surface area (Å²) in [6.45, 7) is 4.15. The molecule has 2 heterocycles. The Bertz CT molecular complexity index is 776. The molecule has 0 bridgehead atoms. The molecule has 1 amide bonds. The highest BCUT2D eigenvalue weighted by Gasteiger charge is 2.28. The number of aromatic nitrogens is 1. The quantitative estimate of drug-likeness (QED) is 0.739. The second-order valence-corrected chi connectivity index (χ2v) is 9.76. The van der Waals surface area contributed by atoms with Gasteiger partial charge in [0.2, 0.25) is 5.91 Å². The highest BCUT2D eigenvalue weighted by molar-refractivity contribution is 9.10. The third kappa shape index (κ3) is 4.06. The van der Waals surface area contributed by atoms with Crippen molar-refractivity contribution in [1.82, 2.24) is 10.3 Å². The number of fused-ring (bicyclic) bond motifs is 1. The molecule has 1 saturated carbocycles. The Kier molecular flexibility index (Phi) is 5.50. The summed E-state index contributed by atoms with van der Waals surface area (Å²) in [4.78, 5) is 19.7. The van der Waals surface area contributed by atoms with Crippen LogP contribution in [-0.4, -0.2) is 30.0 Å². The molecule has 4 rings (SSSR count). The zero-order valence-electron chi connectivity index (χ0n) is 15.2. The Labute approximate surface area is 167 Å². The molecular formula is C20H26BrN3OS. The van der Waals surface area contributed by atoms with Gasteiger partial charge < -0.3 is 10.2 Å². The molecule has 2 aromatic rings. The van der Waals surface area contributed by atoms with Gasteiger partial charge in [0, 0.05) is 29.5 Å². The summed E-state index contributed by atoms with van der Waals surface area (Å²) in [7, 11) is 0. The number of anilines is 1. The lowest BCUT2D eigenvalue weighted by atomic mass is 9.86. The third-order valence-electron chi connectivity index (χ3n) is 5.84. The van der Waals surface area contributed by atoms with Crippen LogP contribution in [0.4, 0.5) is 5.13 Å². The van der Waals surface area contributed by atoms with Gasteiger partial charge >= 0.3 is 0 Å². The number of hydrogen-bond acceptors (Lipinski definition) is 4. The fourth-order valence-electron chi connectivity index (χ4n) is 4.08. The number of piperidine rings is 1. The van der Waals surface area contributed by atoms with Crippen LogP contribution in [-0.2, 0) is 4.79 Å². The average Bonchev–Trinajstić information content (AvgIpc) is 3.07. The normalized spacial score (nSPS) is 24.8. The van der Waals surface area contributed by atoms with Crippen LogP contribution in [0, 0.1) is 11.8 Å². The van der Waals surface area contributed by atoms with Gasteiger partial charge in [-0.2, -0.15) is 0 Å². The number of carbonyl (C=O) groups is 1. The Balaban J connectivity index is 1.32. The van der Waals surface area contributed by atoms with E-state index >= 15 is 0 Å². The molecule has 6 heteroatoms. The highest BCUT2D eigenvalue weighted by Crippen LogP contribution is 2.33. The maximum Gasteiger partial charge on any atom is 0.223 e. The number of amides is 1. The molecule has 0 radical (unpaired) electrons. The van der Waals surface area contributed by atoms with Gasteiger partial charge in [-0.15, -0.1) is 0 Å². The summed E-state index contributed by atoms with van der Waals surface area (Å²) in [6.07, 6.45) is 6.64. The van der Waals surface area contributed by atoms with E-state index in [9.17, 15) is 4.79 Å². The van der Waals surface area contributed by atoms with Crippen molar-refractivity contribution >= 4 is 48.5 Å². The second-order valence-electron chi connectivity index (χ2n) is 7.84. The first-order chi connectivity index (χ1) is 12.6. The van der Waals surface area contributed by atoms with Gasteiger partial charge in [-0.1, -0.05) is 34.2 Å². The minimum atomic E-state index is 0.161. The minimum Gasteiger partial charge on any atom is -0.353 e. The zero-order chi connectivity index (χ0) is 18.1. The fourth-order valence-corrected chi connectivity index (χ4v) is 5.65.